The summed E-state index contributed by atoms with van der Waals surface area (Å²) in [6.45, 7) is 3.84. The van der Waals surface area contributed by atoms with Gasteiger partial charge in [0.2, 0.25) is 5.91 Å². The molecule has 2 N–H and O–H groups in total. The smallest absolute Gasteiger partial charge is 0.241 e. The lowest BCUT2D eigenvalue weighted by atomic mass is 10.1. The average molecular weight is 326 g/mol. The van der Waals surface area contributed by atoms with Gasteiger partial charge in [0.05, 0.1) is 12.2 Å². The van der Waals surface area contributed by atoms with Crippen molar-refractivity contribution in [3.05, 3.63) is 28.2 Å². The maximum atomic E-state index is 12.2. The maximum Gasteiger partial charge on any atom is 0.241 e. The van der Waals surface area contributed by atoms with Gasteiger partial charge in [0.1, 0.15) is 0 Å². The minimum Gasteiger partial charge on any atom is -0.330 e. The van der Waals surface area contributed by atoms with Crippen LogP contribution in [0.3, 0.4) is 0 Å². The standard InChI is InChI=1S/C14H20BrN3O/c1-10-3-4-13(12(15)7-10)18-8-11(5-6-16)17(2)9-14(18)19/h3-4,7,11H,5-6,8-9,16H2,1-2H3. The number of carbonyl (C=O) groups is 1. The van der Waals surface area contributed by atoms with Crippen LogP contribution < -0.4 is 10.6 Å². The van der Waals surface area contributed by atoms with Gasteiger partial charge in [-0.1, -0.05) is 6.07 Å². The second kappa shape index (κ2) is 6.03. The third-order valence-electron chi connectivity index (χ3n) is 3.60. The number of hydrogen-bond acceptors (Lipinski definition) is 3. The molecule has 1 aliphatic heterocycles. The first-order valence-electron chi connectivity index (χ1n) is 6.49. The fourth-order valence-corrected chi connectivity index (χ4v) is 3.15. The molecule has 19 heavy (non-hydrogen) atoms. The van der Waals surface area contributed by atoms with Crippen LogP contribution in [0.5, 0.6) is 0 Å². The number of likely N-dealkylation sites (N-methyl/N-ethyl adjacent to an activating group) is 1. The first-order chi connectivity index (χ1) is 9.02. The zero-order valence-electron chi connectivity index (χ0n) is 11.4. The van der Waals surface area contributed by atoms with Crippen molar-refractivity contribution in [3.8, 4) is 0 Å². The van der Waals surface area contributed by atoms with Crippen molar-refractivity contribution in [2.45, 2.75) is 19.4 Å². The van der Waals surface area contributed by atoms with E-state index < -0.39 is 0 Å². The van der Waals surface area contributed by atoms with Crippen molar-refractivity contribution in [3.63, 3.8) is 0 Å². The van der Waals surface area contributed by atoms with E-state index in [2.05, 4.69) is 20.8 Å². The summed E-state index contributed by atoms with van der Waals surface area (Å²) in [6, 6.07) is 6.40. The summed E-state index contributed by atoms with van der Waals surface area (Å²) in [6.07, 6.45) is 0.907. The minimum absolute atomic E-state index is 0.139. The van der Waals surface area contributed by atoms with Crippen molar-refractivity contribution in [2.75, 3.05) is 31.6 Å². The van der Waals surface area contributed by atoms with Crippen molar-refractivity contribution in [2.24, 2.45) is 5.73 Å². The number of benzene rings is 1. The van der Waals surface area contributed by atoms with Crippen LogP contribution in [0.25, 0.3) is 0 Å². The first-order valence-corrected chi connectivity index (χ1v) is 7.29. The summed E-state index contributed by atoms with van der Waals surface area (Å²) in [5, 5.41) is 0. The molecule has 0 spiro atoms. The van der Waals surface area contributed by atoms with Gasteiger partial charge in [-0.2, -0.15) is 0 Å². The van der Waals surface area contributed by atoms with Crippen molar-refractivity contribution < 1.29 is 4.79 Å². The predicted octanol–water partition coefficient (Wildman–Crippen LogP) is 1.75. The molecule has 0 aromatic heterocycles. The zero-order chi connectivity index (χ0) is 14.0. The highest BCUT2D eigenvalue weighted by atomic mass is 79.9. The van der Waals surface area contributed by atoms with Crippen LogP contribution >= 0.6 is 15.9 Å². The van der Waals surface area contributed by atoms with Gasteiger partial charge < -0.3 is 10.6 Å². The number of rotatable bonds is 3. The van der Waals surface area contributed by atoms with Crippen LogP contribution in [0.4, 0.5) is 5.69 Å². The molecule has 0 bridgehead atoms. The van der Waals surface area contributed by atoms with E-state index in [0.29, 0.717) is 25.7 Å². The van der Waals surface area contributed by atoms with E-state index in [1.54, 1.807) is 0 Å². The Kier molecular flexibility index (Phi) is 4.60. The van der Waals surface area contributed by atoms with E-state index >= 15 is 0 Å². The van der Waals surface area contributed by atoms with Gasteiger partial charge >= 0.3 is 0 Å². The van der Waals surface area contributed by atoms with Crippen LogP contribution in [0, 0.1) is 6.92 Å². The van der Waals surface area contributed by atoms with Crippen molar-refractivity contribution in [1.29, 1.82) is 0 Å². The fourth-order valence-electron chi connectivity index (χ4n) is 2.45. The molecule has 5 heteroatoms. The molecule has 0 radical (unpaired) electrons. The minimum atomic E-state index is 0.139. The molecule has 1 saturated heterocycles. The highest BCUT2D eigenvalue weighted by Gasteiger charge is 2.30. The molecule has 1 atom stereocenters. The Morgan fingerprint density at radius 1 is 1.47 bits per heavy atom. The number of piperazine rings is 1. The number of aryl methyl sites for hydroxylation is 1. The molecule has 1 aromatic carbocycles. The first kappa shape index (κ1) is 14.5. The molecule has 1 heterocycles. The molecule has 1 unspecified atom stereocenters. The molecular formula is C14H20BrN3O. The molecule has 1 fully saturated rings. The highest BCUT2D eigenvalue weighted by Crippen LogP contribution is 2.29. The normalized spacial score (nSPS) is 20.9. The van der Waals surface area contributed by atoms with Crippen molar-refractivity contribution >= 4 is 27.5 Å². The number of hydrogen-bond donors (Lipinski definition) is 1. The third-order valence-corrected chi connectivity index (χ3v) is 4.23. The van der Waals surface area contributed by atoms with Gasteiger partial charge in [-0.05, 0) is 60.6 Å². The van der Waals surface area contributed by atoms with E-state index in [9.17, 15) is 4.79 Å². The molecule has 1 aromatic rings. The molecule has 2 rings (SSSR count). The second-order valence-electron chi connectivity index (χ2n) is 5.11. The summed E-state index contributed by atoms with van der Waals surface area (Å²) in [5.41, 5.74) is 7.78. The zero-order valence-corrected chi connectivity index (χ0v) is 13.0. The fraction of sp³-hybridized carbons (Fsp3) is 0.500. The lowest BCUT2D eigenvalue weighted by Gasteiger charge is -2.39. The second-order valence-corrected chi connectivity index (χ2v) is 5.96. The van der Waals surface area contributed by atoms with Gasteiger partial charge in [0.15, 0.2) is 0 Å². The lowest BCUT2D eigenvalue weighted by molar-refractivity contribution is -0.122. The number of amides is 1. The SMILES string of the molecule is Cc1ccc(N2CC(CCN)N(C)CC2=O)c(Br)c1. The number of halogens is 1. The van der Waals surface area contributed by atoms with Gasteiger partial charge in [0.25, 0.3) is 0 Å². The van der Waals surface area contributed by atoms with Gasteiger partial charge in [0, 0.05) is 17.1 Å². The number of nitrogens with two attached hydrogens (primary N) is 1. The summed E-state index contributed by atoms with van der Waals surface area (Å²) in [7, 11) is 1.99. The van der Waals surface area contributed by atoms with Crippen LogP contribution in [-0.4, -0.2) is 43.5 Å². The molecule has 0 aliphatic carbocycles. The van der Waals surface area contributed by atoms with Gasteiger partial charge in [-0.3, -0.25) is 9.69 Å². The van der Waals surface area contributed by atoms with Crippen LogP contribution in [-0.2, 0) is 4.79 Å². The van der Waals surface area contributed by atoms with Crippen LogP contribution in [0.15, 0.2) is 22.7 Å². The Hall–Kier alpha value is -0.910. The van der Waals surface area contributed by atoms with Crippen molar-refractivity contribution in [1.82, 2.24) is 4.90 Å². The lowest BCUT2D eigenvalue weighted by Crippen LogP contribution is -2.55. The number of carbonyl (C=O) groups excluding carboxylic acids is 1. The molecule has 4 nitrogen and oxygen atoms in total. The molecule has 0 saturated carbocycles. The van der Waals surface area contributed by atoms with Crippen LogP contribution in [0.1, 0.15) is 12.0 Å². The van der Waals surface area contributed by atoms with E-state index in [1.807, 2.05) is 37.1 Å². The Labute approximate surface area is 122 Å². The topological polar surface area (TPSA) is 49.6 Å². The average Bonchev–Trinajstić information content (AvgIpc) is 2.34. The Morgan fingerprint density at radius 3 is 2.84 bits per heavy atom. The molecular weight excluding hydrogens is 306 g/mol. The van der Waals surface area contributed by atoms with E-state index in [1.165, 1.54) is 5.56 Å². The summed E-state index contributed by atoms with van der Waals surface area (Å²) < 4.78 is 0.969. The molecule has 104 valence electrons. The Balaban J connectivity index is 2.25. The van der Waals surface area contributed by atoms with Gasteiger partial charge in [-0.25, -0.2) is 0 Å². The Morgan fingerprint density at radius 2 is 2.21 bits per heavy atom. The summed E-state index contributed by atoms with van der Waals surface area (Å²) in [5.74, 6) is 0.139. The highest BCUT2D eigenvalue weighted by molar-refractivity contribution is 9.10. The van der Waals surface area contributed by atoms with E-state index in [4.69, 9.17) is 5.73 Å². The molecule has 1 aliphatic rings. The van der Waals surface area contributed by atoms with E-state index in [-0.39, 0.29) is 5.91 Å². The number of anilines is 1. The monoisotopic (exact) mass is 325 g/mol. The quantitative estimate of drug-likeness (QED) is 0.921. The molecule has 1 amide bonds. The third kappa shape index (κ3) is 3.16. The maximum absolute atomic E-state index is 12.2. The Bertz CT molecular complexity index is 478. The largest absolute Gasteiger partial charge is 0.330 e. The van der Waals surface area contributed by atoms with Gasteiger partial charge in [-0.15, -0.1) is 0 Å². The predicted molar refractivity (Wildman–Crippen MR) is 81.3 cm³/mol. The number of nitrogens with zero attached hydrogens (tertiary/aromatic N) is 2. The van der Waals surface area contributed by atoms with Crippen LogP contribution in [0.2, 0.25) is 0 Å². The summed E-state index contributed by atoms with van der Waals surface area (Å²) >= 11 is 3.55. The van der Waals surface area contributed by atoms with E-state index in [0.717, 1.165) is 16.6 Å². The summed E-state index contributed by atoms with van der Waals surface area (Å²) in [4.78, 5) is 16.2.